The van der Waals surface area contributed by atoms with E-state index in [1.807, 2.05) is 43.5 Å². The third kappa shape index (κ3) is 7.71. The van der Waals surface area contributed by atoms with Crippen LogP contribution in [0.1, 0.15) is 0 Å². The number of methoxy groups -OCH3 is 4. The molecule has 0 unspecified atom stereocenters. The average Bonchev–Trinajstić information content (AvgIpc) is 2.77. The third-order valence-electron chi connectivity index (χ3n) is 4.41. The largest absolute Gasteiger partial charge is 0.493 e. The van der Waals surface area contributed by atoms with Crippen LogP contribution in [0.3, 0.4) is 0 Å². The highest BCUT2D eigenvalue weighted by Crippen LogP contribution is 2.35. The fourth-order valence-corrected chi connectivity index (χ4v) is 12.4. The summed E-state index contributed by atoms with van der Waals surface area (Å²) in [6.07, 6.45) is 0. The van der Waals surface area contributed by atoms with Crippen molar-refractivity contribution in [3.8, 4) is 23.0 Å². The van der Waals surface area contributed by atoms with Crippen molar-refractivity contribution in [1.82, 2.24) is 0 Å². The Hall–Kier alpha value is -0.876. The molecular formula is C20H30O4S3Si2. The van der Waals surface area contributed by atoms with Gasteiger partial charge in [-0.05, 0) is 44.4 Å². The SMILES string of the molecule is COc1cccc([SiH2]CCSSSCC[SiH2]c2cccc(OC)c2OC)c1OC. The van der Waals surface area contributed by atoms with E-state index in [4.69, 9.17) is 18.9 Å². The molecule has 0 heterocycles. The summed E-state index contributed by atoms with van der Waals surface area (Å²) in [5, 5.41) is 2.70. The maximum absolute atomic E-state index is 5.54. The van der Waals surface area contributed by atoms with E-state index < -0.39 is 0 Å². The second-order valence-corrected chi connectivity index (χ2v) is 14.6. The van der Waals surface area contributed by atoms with Crippen molar-refractivity contribution >= 4 is 60.8 Å². The fourth-order valence-electron chi connectivity index (χ4n) is 3.05. The Bertz CT molecular complexity index is 688. The van der Waals surface area contributed by atoms with Gasteiger partial charge >= 0.3 is 0 Å². The van der Waals surface area contributed by atoms with Gasteiger partial charge in [0.2, 0.25) is 0 Å². The first-order valence-electron chi connectivity index (χ1n) is 9.56. The zero-order chi connectivity index (χ0) is 20.9. The van der Waals surface area contributed by atoms with Gasteiger partial charge in [-0.25, -0.2) is 0 Å². The highest BCUT2D eigenvalue weighted by Gasteiger charge is 2.10. The van der Waals surface area contributed by atoms with Crippen molar-refractivity contribution in [2.24, 2.45) is 0 Å². The summed E-state index contributed by atoms with van der Waals surface area (Å²) >= 11 is 0. The molecule has 0 spiro atoms. The van der Waals surface area contributed by atoms with Gasteiger partial charge in [0.25, 0.3) is 0 Å². The highest BCUT2D eigenvalue weighted by molar-refractivity contribution is 9.09. The highest BCUT2D eigenvalue weighted by atomic mass is 33.5. The Kier molecular flexibility index (Phi) is 11.9. The molecule has 4 nitrogen and oxygen atoms in total. The summed E-state index contributed by atoms with van der Waals surface area (Å²) in [7, 11) is 12.0. The minimum atomic E-state index is -0.342. The van der Waals surface area contributed by atoms with Crippen LogP contribution < -0.4 is 29.3 Å². The Balaban J connectivity index is 1.61. The number of hydrogen-bond donors (Lipinski definition) is 0. The molecule has 0 aromatic heterocycles. The second kappa shape index (κ2) is 14.2. The quantitative estimate of drug-likeness (QED) is 0.231. The number of rotatable bonds is 14. The van der Waals surface area contributed by atoms with Crippen molar-refractivity contribution in [2.45, 2.75) is 12.1 Å². The van der Waals surface area contributed by atoms with Gasteiger partial charge in [0.05, 0.1) is 47.5 Å². The van der Waals surface area contributed by atoms with Gasteiger partial charge in [0, 0.05) is 11.5 Å². The molecule has 0 amide bonds. The number of hydrogen-bond acceptors (Lipinski definition) is 7. The van der Waals surface area contributed by atoms with Gasteiger partial charge in [-0.1, -0.05) is 45.9 Å². The first-order valence-corrected chi connectivity index (χ1v) is 16.8. The van der Waals surface area contributed by atoms with Crippen LogP contribution in [0.25, 0.3) is 0 Å². The zero-order valence-corrected chi connectivity index (χ0v) is 22.8. The van der Waals surface area contributed by atoms with Gasteiger partial charge in [0.15, 0.2) is 23.0 Å². The van der Waals surface area contributed by atoms with Crippen LogP contribution in [0.15, 0.2) is 36.4 Å². The first kappa shape index (κ1) is 24.4. The minimum absolute atomic E-state index is 0.342. The number of ether oxygens (including phenoxy) is 4. The van der Waals surface area contributed by atoms with Crippen LogP contribution in [0.5, 0.6) is 23.0 Å². The van der Waals surface area contributed by atoms with Crippen molar-refractivity contribution in [3.63, 3.8) is 0 Å². The predicted molar refractivity (Wildman–Crippen MR) is 138 cm³/mol. The van der Waals surface area contributed by atoms with E-state index in [0.29, 0.717) is 0 Å². The molecule has 2 rings (SSSR count). The molecule has 9 heteroatoms. The molecule has 0 fully saturated rings. The molecule has 2 aromatic carbocycles. The first-order chi connectivity index (χ1) is 14.2. The lowest BCUT2D eigenvalue weighted by atomic mass is 10.3. The summed E-state index contributed by atoms with van der Waals surface area (Å²) < 4.78 is 21.9. The van der Waals surface area contributed by atoms with Crippen LogP contribution in [-0.4, -0.2) is 59.0 Å². The van der Waals surface area contributed by atoms with Crippen LogP contribution in [-0.2, 0) is 0 Å². The standard InChI is InChI=1S/C20H30O4S3Si2/c1-21-15-7-5-9-17(19(15)23-3)28-13-11-25-27-26-12-14-29-18-10-6-8-16(22-2)20(18)24-4/h5-10H,11-14,28-29H2,1-4H3. The van der Waals surface area contributed by atoms with E-state index in [-0.39, 0.29) is 19.0 Å². The summed E-state index contributed by atoms with van der Waals surface area (Å²) in [6.45, 7) is 0. The molecule has 0 radical (unpaired) electrons. The maximum atomic E-state index is 5.54. The zero-order valence-electron chi connectivity index (χ0n) is 17.6. The average molecular weight is 487 g/mol. The molecule has 2 aromatic rings. The summed E-state index contributed by atoms with van der Waals surface area (Å²) in [6, 6.07) is 14.9. The number of benzene rings is 2. The van der Waals surface area contributed by atoms with E-state index >= 15 is 0 Å². The summed E-state index contributed by atoms with van der Waals surface area (Å²) in [5.74, 6) is 5.90. The van der Waals surface area contributed by atoms with E-state index in [2.05, 4.69) is 24.3 Å². The molecule has 0 bridgehead atoms. The molecule has 29 heavy (non-hydrogen) atoms. The lowest BCUT2D eigenvalue weighted by molar-refractivity contribution is 0.357. The summed E-state index contributed by atoms with van der Waals surface area (Å²) in [4.78, 5) is 0. The smallest absolute Gasteiger partial charge is 0.160 e. The molecule has 0 aliphatic rings. The number of para-hydroxylation sites is 2. The van der Waals surface area contributed by atoms with Crippen LogP contribution >= 0.6 is 31.4 Å². The predicted octanol–water partition coefficient (Wildman–Crippen LogP) is 2.88. The van der Waals surface area contributed by atoms with E-state index in [0.717, 1.165) is 23.0 Å². The topological polar surface area (TPSA) is 36.9 Å². The van der Waals surface area contributed by atoms with Crippen molar-refractivity contribution in [1.29, 1.82) is 0 Å². The van der Waals surface area contributed by atoms with Crippen LogP contribution in [0.4, 0.5) is 0 Å². The lowest BCUT2D eigenvalue weighted by Crippen LogP contribution is -2.17. The molecule has 0 aliphatic heterocycles. The lowest BCUT2D eigenvalue weighted by Gasteiger charge is -2.12. The van der Waals surface area contributed by atoms with Crippen molar-refractivity contribution < 1.29 is 18.9 Å². The fraction of sp³-hybridized carbons (Fsp3) is 0.400. The normalized spacial score (nSPS) is 11.4. The van der Waals surface area contributed by atoms with Crippen molar-refractivity contribution in [3.05, 3.63) is 36.4 Å². The van der Waals surface area contributed by atoms with Crippen LogP contribution in [0, 0.1) is 0 Å². The molecule has 0 atom stereocenters. The van der Waals surface area contributed by atoms with Gasteiger partial charge in [-0.2, -0.15) is 0 Å². The van der Waals surface area contributed by atoms with Gasteiger partial charge in [-0.3, -0.25) is 0 Å². The van der Waals surface area contributed by atoms with Gasteiger partial charge < -0.3 is 18.9 Å². The Labute approximate surface area is 190 Å². The van der Waals surface area contributed by atoms with E-state index in [1.165, 1.54) is 34.0 Å². The molecule has 0 saturated heterocycles. The molecule has 0 N–H and O–H groups in total. The minimum Gasteiger partial charge on any atom is -0.493 e. The second-order valence-electron chi connectivity index (χ2n) is 6.22. The summed E-state index contributed by atoms with van der Waals surface area (Å²) in [5.41, 5.74) is 0. The third-order valence-corrected chi connectivity index (χ3v) is 13.5. The molecule has 0 saturated carbocycles. The van der Waals surface area contributed by atoms with Gasteiger partial charge in [-0.15, -0.1) is 0 Å². The van der Waals surface area contributed by atoms with E-state index in [1.54, 1.807) is 28.4 Å². The van der Waals surface area contributed by atoms with E-state index in [9.17, 15) is 0 Å². The Morgan fingerprint density at radius 3 is 1.48 bits per heavy atom. The van der Waals surface area contributed by atoms with Crippen LogP contribution in [0.2, 0.25) is 12.1 Å². The van der Waals surface area contributed by atoms with Gasteiger partial charge in [0.1, 0.15) is 0 Å². The Morgan fingerprint density at radius 2 is 1.10 bits per heavy atom. The van der Waals surface area contributed by atoms with Crippen molar-refractivity contribution in [2.75, 3.05) is 39.9 Å². The maximum Gasteiger partial charge on any atom is 0.160 e. The molecule has 0 aliphatic carbocycles. The molecular weight excluding hydrogens is 457 g/mol. The monoisotopic (exact) mass is 486 g/mol. The molecule has 160 valence electrons. The Morgan fingerprint density at radius 1 is 0.655 bits per heavy atom.